The Bertz CT molecular complexity index is 480. The molecule has 2 N–H and O–H groups in total. The van der Waals surface area contributed by atoms with Crippen molar-refractivity contribution in [3.05, 3.63) is 17.3 Å². The van der Waals surface area contributed by atoms with E-state index in [9.17, 15) is 0 Å². The molecule has 0 amide bonds. The van der Waals surface area contributed by atoms with Gasteiger partial charge in [0.05, 0.1) is 12.3 Å². The van der Waals surface area contributed by atoms with Crippen LogP contribution in [0.1, 0.15) is 23.8 Å². The van der Waals surface area contributed by atoms with Crippen molar-refractivity contribution in [1.82, 2.24) is 4.98 Å². The molecule has 0 spiro atoms. The average Bonchev–Trinajstić information content (AvgIpc) is 2.70. The van der Waals surface area contributed by atoms with Crippen molar-refractivity contribution in [1.29, 1.82) is 0 Å². The van der Waals surface area contributed by atoms with E-state index in [0.29, 0.717) is 23.6 Å². The maximum atomic E-state index is 5.90. The molecule has 0 radical (unpaired) electrons. The quantitative estimate of drug-likeness (QED) is 0.836. The van der Waals surface area contributed by atoms with Crippen LogP contribution in [0, 0.1) is 19.8 Å². The molecule has 2 atom stereocenters. The summed E-state index contributed by atoms with van der Waals surface area (Å²) in [5.41, 5.74) is 6.30. The lowest BCUT2D eigenvalue weighted by molar-refractivity contribution is -0.00764. The van der Waals surface area contributed by atoms with Gasteiger partial charge in [-0.2, -0.15) is 0 Å². The molecule has 0 bridgehead atoms. The van der Waals surface area contributed by atoms with E-state index < -0.39 is 5.54 Å². The first kappa shape index (κ1) is 12.0. The minimum absolute atomic E-state index is 0.390. The van der Waals surface area contributed by atoms with Gasteiger partial charge >= 0.3 is 0 Å². The van der Waals surface area contributed by atoms with Gasteiger partial charge in [0, 0.05) is 18.3 Å². The van der Waals surface area contributed by atoms with E-state index >= 15 is 0 Å². The van der Waals surface area contributed by atoms with Crippen LogP contribution < -0.4 is 5.73 Å². The minimum atomic E-state index is -0.507. The predicted octanol–water partition coefficient (Wildman–Crippen LogP) is 1.58. The second kappa shape index (κ2) is 4.28. The standard InChI is InChI=1S/C12H17N3O2S/c1-7-8(2)17-10(14-7)12-6-16-4-3-9(12)5-18-11(13)15-12/h9H,3-6H2,1-2H3,(H2,13,15). The fraction of sp³-hybridized carbons (Fsp3) is 0.667. The summed E-state index contributed by atoms with van der Waals surface area (Å²) < 4.78 is 11.4. The molecule has 18 heavy (non-hydrogen) atoms. The monoisotopic (exact) mass is 267 g/mol. The smallest absolute Gasteiger partial charge is 0.225 e. The zero-order chi connectivity index (χ0) is 12.8. The summed E-state index contributed by atoms with van der Waals surface area (Å²) in [4.78, 5) is 9.16. The average molecular weight is 267 g/mol. The first-order valence-electron chi connectivity index (χ1n) is 6.12. The molecular formula is C12H17N3O2S. The molecule has 2 aliphatic rings. The normalized spacial score (nSPS) is 31.9. The summed E-state index contributed by atoms with van der Waals surface area (Å²) in [7, 11) is 0. The van der Waals surface area contributed by atoms with Crippen molar-refractivity contribution in [3.8, 4) is 0 Å². The Labute approximate surface area is 110 Å². The summed E-state index contributed by atoms with van der Waals surface area (Å²) in [6.07, 6.45) is 0.976. The van der Waals surface area contributed by atoms with Crippen molar-refractivity contribution in [3.63, 3.8) is 0 Å². The van der Waals surface area contributed by atoms with E-state index in [2.05, 4.69) is 9.98 Å². The van der Waals surface area contributed by atoms with Gasteiger partial charge in [0.1, 0.15) is 5.76 Å². The van der Waals surface area contributed by atoms with Crippen molar-refractivity contribution in [2.45, 2.75) is 25.8 Å². The molecule has 2 aliphatic heterocycles. The highest BCUT2D eigenvalue weighted by molar-refractivity contribution is 8.13. The Hall–Kier alpha value is -1.01. The second-order valence-corrected chi connectivity index (χ2v) is 5.92. The number of thioether (sulfide) groups is 1. The molecule has 3 rings (SSSR count). The van der Waals surface area contributed by atoms with E-state index in [4.69, 9.17) is 14.9 Å². The van der Waals surface area contributed by atoms with E-state index in [-0.39, 0.29) is 0 Å². The fourth-order valence-corrected chi connectivity index (χ4v) is 3.55. The summed E-state index contributed by atoms with van der Waals surface area (Å²) in [5.74, 6) is 2.85. The lowest BCUT2D eigenvalue weighted by Gasteiger charge is -2.40. The van der Waals surface area contributed by atoms with Gasteiger partial charge < -0.3 is 14.9 Å². The zero-order valence-corrected chi connectivity index (χ0v) is 11.4. The number of nitrogens with two attached hydrogens (primary N) is 1. The van der Waals surface area contributed by atoms with Gasteiger partial charge in [-0.3, -0.25) is 0 Å². The lowest BCUT2D eigenvalue weighted by Crippen LogP contribution is -2.47. The van der Waals surface area contributed by atoms with Crippen LogP contribution in [-0.4, -0.2) is 29.1 Å². The third-order valence-corrected chi connectivity index (χ3v) is 4.71. The molecule has 2 unspecified atom stereocenters. The van der Waals surface area contributed by atoms with Crippen LogP contribution in [0.15, 0.2) is 9.41 Å². The van der Waals surface area contributed by atoms with Gasteiger partial charge in [-0.25, -0.2) is 9.98 Å². The molecule has 0 aliphatic carbocycles. The van der Waals surface area contributed by atoms with Gasteiger partial charge in [0.2, 0.25) is 5.89 Å². The Morgan fingerprint density at radius 3 is 3.00 bits per heavy atom. The van der Waals surface area contributed by atoms with Gasteiger partial charge in [-0.15, -0.1) is 0 Å². The number of fused-ring (bicyclic) bond motifs is 1. The molecule has 3 heterocycles. The highest BCUT2D eigenvalue weighted by Gasteiger charge is 2.49. The van der Waals surface area contributed by atoms with Crippen LogP contribution in [0.5, 0.6) is 0 Å². The largest absolute Gasteiger partial charge is 0.443 e. The molecule has 1 fully saturated rings. The number of aromatic nitrogens is 1. The molecule has 98 valence electrons. The minimum Gasteiger partial charge on any atom is -0.443 e. The Kier molecular flexibility index (Phi) is 2.86. The maximum Gasteiger partial charge on any atom is 0.225 e. The van der Waals surface area contributed by atoms with Crippen molar-refractivity contribution in [2.75, 3.05) is 19.0 Å². The number of hydrogen-bond acceptors (Lipinski definition) is 6. The van der Waals surface area contributed by atoms with E-state index in [1.165, 1.54) is 0 Å². The maximum absolute atomic E-state index is 5.90. The topological polar surface area (TPSA) is 73.6 Å². The van der Waals surface area contributed by atoms with E-state index in [0.717, 1.165) is 30.2 Å². The fourth-order valence-electron chi connectivity index (χ4n) is 2.51. The number of amidine groups is 1. The molecule has 0 aromatic carbocycles. The Balaban J connectivity index is 2.10. The summed E-state index contributed by atoms with van der Waals surface area (Å²) in [5, 5.41) is 0.602. The van der Waals surface area contributed by atoms with Gasteiger partial charge in [-0.1, -0.05) is 11.8 Å². The molecule has 0 saturated carbocycles. The van der Waals surface area contributed by atoms with Crippen LogP contribution in [0.2, 0.25) is 0 Å². The predicted molar refractivity (Wildman–Crippen MR) is 70.7 cm³/mol. The van der Waals surface area contributed by atoms with Crippen LogP contribution in [0.3, 0.4) is 0 Å². The second-order valence-electron chi connectivity index (χ2n) is 4.88. The summed E-state index contributed by atoms with van der Waals surface area (Å²) in [6, 6.07) is 0. The first-order chi connectivity index (χ1) is 8.62. The highest BCUT2D eigenvalue weighted by Crippen LogP contribution is 2.44. The highest BCUT2D eigenvalue weighted by atomic mass is 32.2. The van der Waals surface area contributed by atoms with Crippen molar-refractivity contribution in [2.24, 2.45) is 16.6 Å². The molecule has 1 aromatic heterocycles. The van der Waals surface area contributed by atoms with Crippen molar-refractivity contribution >= 4 is 16.9 Å². The third-order valence-electron chi connectivity index (χ3n) is 3.75. The number of aliphatic imine (C=N–C) groups is 1. The molecule has 1 saturated heterocycles. The lowest BCUT2D eigenvalue weighted by atomic mass is 9.82. The Morgan fingerprint density at radius 2 is 2.28 bits per heavy atom. The third kappa shape index (κ3) is 1.75. The van der Waals surface area contributed by atoms with Crippen LogP contribution >= 0.6 is 11.8 Å². The summed E-state index contributed by atoms with van der Waals surface area (Å²) >= 11 is 1.61. The number of aryl methyl sites for hydroxylation is 2. The SMILES string of the molecule is Cc1nc(C23COCCC2CSC(N)=N3)oc1C. The molecular weight excluding hydrogens is 250 g/mol. The van der Waals surface area contributed by atoms with Crippen LogP contribution in [0.25, 0.3) is 0 Å². The van der Waals surface area contributed by atoms with Crippen LogP contribution in [-0.2, 0) is 10.3 Å². The van der Waals surface area contributed by atoms with E-state index in [1.54, 1.807) is 11.8 Å². The van der Waals surface area contributed by atoms with Gasteiger partial charge in [0.25, 0.3) is 0 Å². The summed E-state index contributed by atoms with van der Waals surface area (Å²) in [6.45, 7) is 5.16. The number of ether oxygens (including phenoxy) is 1. The molecule has 6 heteroatoms. The first-order valence-corrected chi connectivity index (χ1v) is 7.11. The van der Waals surface area contributed by atoms with Gasteiger partial charge in [-0.05, 0) is 20.3 Å². The van der Waals surface area contributed by atoms with Gasteiger partial charge in [0.15, 0.2) is 10.7 Å². The molecule has 5 nitrogen and oxygen atoms in total. The van der Waals surface area contributed by atoms with E-state index in [1.807, 2.05) is 13.8 Å². The number of nitrogens with zero attached hydrogens (tertiary/aromatic N) is 2. The number of hydrogen-bond donors (Lipinski definition) is 1. The van der Waals surface area contributed by atoms with Crippen LogP contribution in [0.4, 0.5) is 0 Å². The Morgan fingerprint density at radius 1 is 1.44 bits per heavy atom. The number of rotatable bonds is 1. The number of oxazole rings is 1. The molecule has 1 aromatic rings. The van der Waals surface area contributed by atoms with Crippen molar-refractivity contribution < 1.29 is 9.15 Å². The zero-order valence-electron chi connectivity index (χ0n) is 10.6.